The van der Waals surface area contributed by atoms with Crippen LogP contribution in [0.3, 0.4) is 0 Å². The number of aliphatic hydroxyl groups excluding tert-OH is 1. The van der Waals surface area contributed by atoms with E-state index in [9.17, 15) is 13.9 Å². The Labute approximate surface area is 247 Å². The van der Waals surface area contributed by atoms with Gasteiger partial charge in [0.2, 0.25) is 0 Å². The van der Waals surface area contributed by atoms with Gasteiger partial charge in [0.05, 0.1) is 22.6 Å². The zero-order valence-electron chi connectivity index (χ0n) is 23.4. The molecular weight excluding hydrogens is 555 g/mol. The molecule has 2 aromatic heterocycles. The van der Waals surface area contributed by atoms with Crippen molar-refractivity contribution >= 4 is 27.5 Å². The van der Waals surface area contributed by atoms with Gasteiger partial charge in [-0.1, -0.05) is 42.3 Å². The van der Waals surface area contributed by atoms with Crippen LogP contribution in [0.1, 0.15) is 31.2 Å². The molecule has 2 unspecified atom stereocenters. The van der Waals surface area contributed by atoms with Crippen molar-refractivity contribution in [3.05, 3.63) is 65.9 Å². The van der Waals surface area contributed by atoms with Crippen molar-refractivity contribution in [2.75, 3.05) is 37.7 Å². The summed E-state index contributed by atoms with van der Waals surface area (Å²) >= 11 is 0. The number of hydrogen-bond donors (Lipinski definition) is 1. The van der Waals surface area contributed by atoms with Crippen LogP contribution in [0.2, 0.25) is 0 Å². The lowest BCUT2D eigenvalue weighted by molar-refractivity contribution is 0.107. The molecule has 0 bridgehead atoms. The Morgan fingerprint density at radius 1 is 1.14 bits per heavy atom. The summed E-state index contributed by atoms with van der Waals surface area (Å²) in [5, 5.41) is 11.8. The lowest BCUT2D eigenvalue weighted by atomic mass is 9.95. The predicted octanol–water partition coefficient (Wildman–Crippen LogP) is 5.19. The first-order valence-corrected chi connectivity index (χ1v) is 14.5. The van der Waals surface area contributed by atoms with Crippen molar-refractivity contribution in [2.24, 2.45) is 0 Å². The smallest absolute Gasteiger partial charge is 0.319 e. The first-order valence-electron chi connectivity index (χ1n) is 14.5. The Morgan fingerprint density at radius 2 is 2.02 bits per heavy atom. The zero-order valence-corrected chi connectivity index (χ0v) is 23.4. The van der Waals surface area contributed by atoms with E-state index >= 15 is 4.39 Å². The number of benzene rings is 2. The van der Waals surface area contributed by atoms with E-state index in [0.717, 1.165) is 19.4 Å². The van der Waals surface area contributed by atoms with E-state index in [1.165, 1.54) is 12.3 Å². The molecule has 0 aliphatic carbocycles. The van der Waals surface area contributed by atoms with Gasteiger partial charge in [-0.15, -0.1) is 6.42 Å². The minimum absolute atomic E-state index is 0.0240. The highest BCUT2D eigenvalue weighted by Gasteiger charge is 2.49. The quantitative estimate of drug-likeness (QED) is 0.255. The second kappa shape index (κ2) is 10.8. The summed E-state index contributed by atoms with van der Waals surface area (Å²) in [6.07, 6.45) is 11.9. The maximum atomic E-state index is 16.6. The number of fused-ring (bicyclic) bond motifs is 3. The fourth-order valence-corrected chi connectivity index (χ4v) is 6.91. The zero-order chi connectivity index (χ0) is 29.7. The summed E-state index contributed by atoms with van der Waals surface area (Å²) in [4.78, 5) is 17.7. The number of hydrogen-bond acceptors (Lipinski definition) is 7. The molecular formula is C33H30F3N5O2. The third-order valence-corrected chi connectivity index (χ3v) is 8.90. The van der Waals surface area contributed by atoms with Gasteiger partial charge in [-0.25, -0.2) is 13.2 Å². The van der Waals surface area contributed by atoms with Gasteiger partial charge in [-0.3, -0.25) is 9.88 Å². The Balaban J connectivity index is 1.37. The molecule has 1 N–H and O–H groups in total. The second-order valence-corrected chi connectivity index (χ2v) is 11.6. The van der Waals surface area contributed by atoms with Crippen LogP contribution < -0.4 is 9.64 Å². The molecule has 2 fully saturated rings. The van der Waals surface area contributed by atoms with Gasteiger partial charge in [0.25, 0.3) is 0 Å². The molecule has 0 radical (unpaired) electrons. The van der Waals surface area contributed by atoms with Gasteiger partial charge in [-0.2, -0.15) is 9.97 Å². The largest absolute Gasteiger partial charge is 0.461 e. The van der Waals surface area contributed by atoms with Crippen molar-refractivity contribution in [3.8, 4) is 29.6 Å². The first kappa shape index (κ1) is 27.6. The molecule has 3 aliphatic rings. The van der Waals surface area contributed by atoms with Gasteiger partial charge < -0.3 is 14.7 Å². The number of aromatic nitrogens is 3. The molecule has 7 nitrogen and oxygen atoms in total. The summed E-state index contributed by atoms with van der Waals surface area (Å²) in [5.74, 6) is 1.47. The Hall–Kier alpha value is -4.20. The number of alkyl halides is 1. The van der Waals surface area contributed by atoms with Crippen LogP contribution in [-0.4, -0.2) is 75.6 Å². The normalized spacial score (nSPS) is 23.9. The average Bonchev–Trinajstić information content (AvgIpc) is 3.43. The summed E-state index contributed by atoms with van der Waals surface area (Å²) in [7, 11) is 0. The molecule has 5 heterocycles. The molecule has 0 spiro atoms. The topological polar surface area (TPSA) is 74.6 Å². The van der Waals surface area contributed by atoms with E-state index in [1.54, 1.807) is 30.3 Å². The molecule has 10 heteroatoms. The SMILES string of the molecule is C#Cc1c(F)ccc2cccc(-c3ncc4c(N5CCC=CC(O)C5)nc(OC[C@@]56CCCN5CC(F)C6)nc4c3F)c12. The van der Waals surface area contributed by atoms with E-state index in [0.29, 0.717) is 53.5 Å². The highest BCUT2D eigenvalue weighted by atomic mass is 19.1. The molecule has 2 aromatic carbocycles. The predicted molar refractivity (Wildman–Crippen MR) is 159 cm³/mol. The monoisotopic (exact) mass is 585 g/mol. The maximum absolute atomic E-state index is 16.6. The third kappa shape index (κ3) is 4.77. The van der Waals surface area contributed by atoms with E-state index < -0.39 is 29.4 Å². The molecule has 2 saturated heterocycles. The third-order valence-electron chi connectivity index (χ3n) is 8.90. The lowest BCUT2D eigenvalue weighted by Crippen LogP contribution is -2.43. The number of rotatable bonds is 5. The van der Waals surface area contributed by atoms with Crippen LogP contribution in [0.15, 0.2) is 48.7 Å². The number of aliphatic hydroxyl groups is 1. The van der Waals surface area contributed by atoms with E-state index in [1.807, 2.05) is 11.0 Å². The van der Waals surface area contributed by atoms with Crippen LogP contribution in [0, 0.1) is 24.0 Å². The van der Waals surface area contributed by atoms with Crippen molar-refractivity contribution in [2.45, 2.75) is 43.5 Å². The van der Waals surface area contributed by atoms with Gasteiger partial charge in [0.1, 0.15) is 35.6 Å². The Bertz CT molecular complexity index is 1810. The number of β-amino-alcohol motifs (C(OH)–C–C–N with tert-alkyl or cyclic N) is 1. The second-order valence-electron chi connectivity index (χ2n) is 11.6. The van der Waals surface area contributed by atoms with E-state index in [4.69, 9.17) is 11.2 Å². The molecule has 7 rings (SSSR count). The highest BCUT2D eigenvalue weighted by molar-refractivity contribution is 6.02. The van der Waals surface area contributed by atoms with Crippen LogP contribution in [0.25, 0.3) is 32.9 Å². The Morgan fingerprint density at radius 3 is 2.88 bits per heavy atom. The maximum Gasteiger partial charge on any atom is 0.319 e. The fourth-order valence-electron chi connectivity index (χ4n) is 6.91. The molecule has 43 heavy (non-hydrogen) atoms. The van der Waals surface area contributed by atoms with Gasteiger partial charge >= 0.3 is 6.01 Å². The standard InChI is InChI=1S/C33H30F3N5O2/c1-2-23-26(35)11-10-20-7-5-9-24(27(20)23)29-28(36)30-25(16-37-29)31(40-13-4-3-8-22(42)18-40)39-32(38-30)43-19-33-12-6-14-41(33)17-21(34)15-33/h1,3,5,7-11,16,21-22,42H,4,6,12-15,17-19H2/t21?,22?,33-/m0/s1. The van der Waals surface area contributed by atoms with Crippen LogP contribution in [-0.2, 0) is 0 Å². The molecule has 0 amide bonds. The number of ether oxygens (including phenoxy) is 1. The molecule has 0 saturated carbocycles. The summed E-state index contributed by atoms with van der Waals surface area (Å²) < 4.78 is 51.9. The molecule has 3 aliphatic heterocycles. The molecule has 3 atom stereocenters. The van der Waals surface area contributed by atoms with Crippen LogP contribution >= 0.6 is 0 Å². The van der Waals surface area contributed by atoms with Crippen molar-refractivity contribution in [3.63, 3.8) is 0 Å². The van der Waals surface area contributed by atoms with E-state index in [-0.39, 0.29) is 35.9 Å². The summed E-state index contributed by atoms with van der Waals surface area (Å²) in [6.45, 7) is 2.12. The minimum atomic E-state index is -0.924. The van der Waals surface area contributed by atoms with Crippen molar-refractivity contribution < 1.29 is 23.0 Å². The highest BCUT2D eigenvalue weighted by Crippen LogP contribution is 2.41. The van der Waals surface area contributed by atoms with Crippen molar-refractivity contribution in [1.82, 2.24) is 19.9 Å². The average molecular weight is 586 g/mol. The van der Waals surface area contributed by atoms with Gasteiger partial charge in [-0.05, 0) is 37.3 Å². The van der Waals surface area contributed by atoms with Crippen LogP contribution in [0.5, 0.6) is 6.01 Å². The Kier molecular flexibility index (Phi) is 6.95. The summed E-state index contributed by atoms with van der Waals surface area (Å²) in [5.41, 5.74) is -0.146. The van der Waals surface area contributed by atoms with Crippen LogP contribution in [0.4, 0.5) is 19.0 Å². The van der Waals surface area contributed by atoms with Crippen molar-refractivity contribution in [1.29, 1.82) is 0 Å². The summed E-state index contributed by atoms with van der Waals surface area (Å²) in [6, 6.07) is 8.01. The fraction of sp³-hybridized carbons (Fsp3) is 0.364. The molecule has 4 aromatic rings. The lowest BCUT2D eigenvalue weighted by Gasteiger charge is -2.31. The number of nitrogens with zero attached hydrogens (tertiary/aromatic N) is 5. The molecule has 220 valence electrons. The van der Waals surface area contributed by atoms with E-state index in [2.05, 4.69) is 25.8 Å². The minimum Gasteiger partial charge on any atom is -0.461 e. The number of pyridine rings is 1. The van der Waals surface area contributed by atoms with Gasteiger partial charge in [0.15, 0.2) is 5.82 Å². The first-order chi connectivity index (χ1) is 20.9. The number of terminal acetylenes is 1. The number of anilines is 1. The van der Waals surface area contributed by atoms with Gasteiger partial charge in [0, 0.05) is 43.2 Å². The number of halogens is 3.